The van der Waals surface area contributed by atoms with Crippen LogP contribution in [0.15, 0.2) is 144 Å². The molecule has 18 nitrogen and oxygen atoms in total. The Hall–Kier alpha value is -4.98. The number of aromatic hydroxyl groups is 2. The fourth-order valence-corrected chi connectivity index (χ4v) is 6.09. The summed E-state index contributed by atoms with van der Waals surface area (Å²) >= 11 is 0. The molecule has 0 saturated heterocycles. The van der Waals surface area contributed by atoms with Crippen molar-refractivity contribution in [3.8, 4) is 22.9 Å². The van der Waals surface area contributed by atoms with E-state index >= 15 is 0 Å². The van der Waals surface area contributed by atoms with Gasteiger partial charge in [-0.1, -0.05) is 60.7 Å². The number of aromatic amines is 2. The molecular weight excluding hydrogens is 832 g/mol. The zero-order valence-corrected chi connectivity index (χ0v) is 37.2. The molecule has 286 valence electrons. The number of para-hydroxylation sites is 2. The zero-order chi connectivity index (χ0) is 39.4. The molecule has 2 radical (unpaired) electrons. The zero-order valence-electron chi connectivity index (χ0n) is 31.1. The topological polar surface area (TPSA) is 263 Å². The molecule has 0 bridgehead atoms. The monoisotopic (exact) mass is 861 g/mol. The van der Waals surface area contributed by atoms with E-state index in [1.807, 2.05) is 12.1 Å². The van der Waals surface area contributed by atoms with Crippen LogP contribution in [0, 0.1) is 24.0 Å². The summed E-state index contributed by atoms with van der Waals surface area (Å²) in [6.07, 6.45) is 0. The fourth-order valence-electron chi connectivity index (χ4n) is 5.37. The van der Waals surface area contributed by atoms with E-state index in [-0.39, 0.29) is 116 Å². The number of non-ortho nitro benzene ring substituents is 1. The Labute approximate surface area is 383 Å². The summed E-state index contributed by atoms with van der Waals surface area (Å²) in [5.41, 5.74) is 1.28. The first-order valence-corrected chi connectivity index (χ1v) is 17.5. The van der Waals surface area contributed by atoms with Crippen LogP contribution in [-0.2, 0) is 27.5 Å². The third-order valence-corrected chi connectivity index (χ3v) is 8.92. The van der Waals surface area contributed by atoms with Crippen molar-refractivity contribution in [3.05, 3.63) is 151 Å². The third-order valence-electron chi connectivity index (χ3n) is 8.02. The first-order valence-electron chi connectivity index (χ1n) is 16.0. The molecule has 0 aliphatic rings. The van der Waals surface area contributed by atoms with Crippen LogP contribution in [-0.4, -0.2) is 107 Å². The summed E-state index contributed by atoms with van der Waals surface area (Å²) < 4.78 is 35.4. The molecule has 0 saturated carbocycles. The number of phenols is 2. The number of nitrogens with one attached hydrogen (secondary N) is 2. The van der Waals surface area contributed by atoms with Crippen molar-refractivity contribution in [2.24, 2.45) is 20.5 Å². The molecule has 7 rings (SSSR count). The molecule has 2 aromatic heterocycles. The summed E-state index contributed by atoms with van der Waals surface area (Å²) in [5, 5.41) is 52.8. The summed E-state index contributed by atoms with van der Waals surface area (Å²) in [4.78, 5) is 34.8. The van der Waals surface area contributed by atoms with Crippen molar-refractivity contribution < 1.29 is 45.5 Å². The summed E-state index contributed by atoms with van der Waals surface area (Å²) in [5.74, 6) is -0.892. The van der Waals surface area contributed by atoms with Crippen LogP contribution >= 0.6 is 0 Å². The number of aromatic nitrogens is 4. The van der Waals surface area contributed by atoms with Gasteiger partial charge in [-0.15, -0.1) is 20.5 Å². The summed E-state index contributed by atoms with van der Waals surface area (Å²) in [6.45, 7) is 3.33. The van der Waals surface area contributed by atoms with Gasteiger partial charge < -0.3 is 10.2 Å². The van der Waals surface area contributed by atoms with Crippen molar-refractivity contribution in [1.82, 2.24) is 19.6 Å². The van der Waals surface area contributed by atoms with E-state index in [0.29, 0.717) is 22.8 Å². The van der Waals surface area contributed by atoms with Gasteiger partial charge in [0.25, 0.3) is 26.9 Å². The normalized spacial score (nSPS) is 11.0. The van der Waals surface area contributed by atoms with Crippen molar-refractivity contribution in [2.75, 3.05) is 0 Å². The van der Waals surface area contributed by atoms with Crippen LogP contribution < -0.4 is 11.1 Å². The number of aryl methyl sites for hydroxylation is 2. The number of hydrogen-bond acceptors (Lipinski definition) is 12. The maximum absolute atomic E-state index is 12.7. The van der Waals surface area contributed by atoms with Crippen molar-refractivity contribution in [2.45, 2.75) is 18.7 Å². The first-order chi connectivity index (χ1) is 26.2. The second-order valence-corrected chi connectivity index (χ2v) is 13.1. The number of phenolic OH excluding ortho intramolecular Hbond substituents is 2. The largest absolute Gasteiger partial charge is 0.506 e. The van der Waals surface area contributed by atoms with E-state index in [1.54, 1.807) is 74.5 Å². The number of nitro benzene ring substituents is 1. The molecule has 0 atom stereocenters. The van der Waals surface area contributed by atoms with Gasteiger partial charge in [-0.3, -0.25) is 34.5 Å². The Morgan fingerprint density at radius 1 is 0.638 bits per heavy atom. The molecule has 5 N–H and O–H groups in total. The van der Waals surface area contributed by atoms with Crippen LogP contribution in [0.4, 0.5) is 28.4 Å². The molecule has 7 aromatic rings. The summed E-state index contributed by atoms with van der Waals surface area (Å²) in [7, 11) is -4.57. The van der Waals surface area contributed by atoms with E-state index < -0.39 is 42.6 Å². The van der Waals surface area contributed by atoms with Gasteiger partial charge >= 0.3 is 0 Å². The number of fused-ring (bicyclic) bond motifs is 1. The average Bonchev–Trinajstić information content (AvgIpc) is 3.62. The Bertz CT molecular complexity index is 2880. The third kappa shape index (κ3) is 10.4. The van der Waals surface area contributed by atoms with Crippen molar-refractivity contribution >= 4 is 108 Å². The van der Waals surface area contributed by atoms with E-state index in [0.717, 1.165) is 12.1 Å². The number of azo groups is 2. The predicted molar refractivity (Wildman–Crippen MR) is 212 cm³/mol. The molecule has 0 unspecified atom stereocenters. The fraction of sp³-hybridized carbons (Fsp3) is 0.0556. The van der Waals surface area contributed by atoms with Crippen LogP contribution in [0.5, 0.6) is 11.5 Å². The first kappa shape index (κ1) is 47.4. The van der Waals surface area contributed by atoms with Gasteiger partial charge in [0, 0.05) is 99.4 Å². The van der Waals surface area contributed by atoms with Gasteiger partial charge in [-0.2, -0.15) is 8.42 Å². The minimum atomic E-state index is -4.57. The number of H-pyrrole nitrogens is 2. The molecule has 2 heterocycles. The Morgan fingerprint density at radius 2 is 1.09 bits per heavy atom. The summed E-state index contributed by atoms with van der Waals surface area (Å²) in [6, 6.07) is 28.4. The molecule has 0 aliphatic heterocycles. The van der Waals surface area contributed by atoms with Crippen molar-refractivity contribution in [3.63, 3.8) is 0 Å². The van der Waals surface area contributed by atoms with E-state index in [4.69, 9.17) is 0 Å². The molecule has 58 heavy (non-hydrogen) atoms. The minimum Gasteiger partial charge on any atom is -0.506 e. The Kier molecular flexibility index (Phi) is 16.5. The number of nitro groups is 1. The van der Waals surface area contributed by atoms with Crippen LogP contribution in [0.1, 0.15) is 11.4 Å². The number of hydrogen-bond donors (Lipinski definition) is 5. The standard InChI is InChI=1S/C20H16N4O5S.C16H13N5O4.Cr.2Na/c1-12-18(20(26)24(23-12)13-7-3-2-4-8-13)21-22-19-15-10-6-5-9-14(15)17(11-16(19)25)30(27,28)29;1-10-15(16(23)20(19-10)11-5-3-2-4-6-11)18-17-13-8-7-12(21(24)25)9-14(13)22;;;/h2-11,23,25H,1H3,(H,27,28,29);2-9,19,22H,1H3;;;. The number of benzene rings is 5. The molecule has 5 aromatic carbocycles. The van der Waals surface area contributed by atoms with Gasteiger partial charge in [0.1, 0.15) is 27.8 Å². The van der Waals surface area contributed by atoms with Crippen LogP contribution in [0.3, 0.4) is 0 Å². The van der Waals surface area contributed by atoms with Gasteiger partial charge in [0.05, 0.1) is 33.8 Å². The van der Waals surface area contributed by atoms with Gasteiger partial charge in [-0.25, -0.2) is 9.36 Å². The maximum atomic E-state index is 12.7. The van der Waals surface area contributed by atoms with E-state index in [1.165, 1.54) is 33.6 Å². The van der Waals surface area contributed by atoms with Crippen molar-refractivity contribution in [1.29, 1.82) is 0 Å². The minimum absolute atomic E-state index is 0. The maximum Gasteiger partial charge on any atom is 0.299 e. The van der Waals surface area contributed by atoms with Crippen LogP contribution in [0.25, 0.3) is 22.1 Å². The number of nitrogens with zero attached hydrogens (tertiary/aromatic N) is 7. The molecule has 0 aliphatic carbocycles. The predicted octanol–water partition coefficient (Wildman–Crippen LogP) is 6.73. The molecule has 0 fully saturated rings. The van der Waals surface area contributed by atoms with Crippen LogP contribution in [0.2, 0.25) is 0 Å². The SMILES string of the molecule is Cc1[nH]n(-c2ccccc2)c(=O)c1N=Nc1c(O)cc(S(=O)(=O)O)c2ccccc12.Cc1[nH]n(-c2ccccc2)c(=O)c1N=Nc1ccc([N+](=O)[O-])cc1O.[Cr].[Na].[Na]. The molecule has 0 spiro atoms. The second-order valence-electron chi connectivity index (χ2n) is 11.7. The molecule has 0 amide bonds. The van der Waals surface area contributed by atoms with Gasteiger partial charge in [0.2, 0.25) is 0 Å². The van der Waals surface area contributed by atoms with Gasteiger partial charge in [0.15, 0.2) is 11.4 Å². The number of rotatable bonds is 8. The Morgan fingerprint density at radius 3 is 1.55 bits per heavy atom. The molecular formula is C36H29CrN9Na2O9S. The molecule has 22 heteroatoms. The average molecular weight is 862 g/mol. The quantitative estimate of drug-likeness (QED) is 0.0356. The van der Waals surface area contributed by atoms with Gasteiger partial charge in [-0.05, 0) is 44.2 Å². The van der Waals surface area contributed by atoms with E-state index in [9.17, 15) is 42.9 Å². The Balaban J connectivity index is 0.000000300. The van der Waals surface area contributed by atoms with E-state index in [2.05, 4.69) is 30.7 Å². The smallest absolute Gasteiger partial charge is 0.299 e. The second kappa shape index (κ2) is 20.1.